The molecule has 2 aliphatic carbocycles. The summed E-state index contributed by atoms with van der Waals surface area (Å²) in [6.07, 6.45) is 0. The number of para-hydroxylation sites is 1. The molecule has 59 heavy (non-hydrogen) atoms. The fourth-order valence-electron chi connectivity index (χ4n) is 11.1. The average Bonchev–Trinajstić information content (AvgIpc) is 4.04. The first-order chi connectivity index (χ1) is 29.3. The molecule has 10 aromatic carbocycles. The molecule has 0 fully saturated rings. The van der Waals surface area contributed by atoms with Crippen LogP contribution in [0.3, 0.4) is 0 Å². The summed E-state index contributed by atoms with van der Waals surface area (Å²) < 4.78 is 13.3. The lowest BCUT2D eigenvalue weighted by atomic mass is 9.68. The first kappa shape index (κ1) is 31.4. The molecule has 0 unspecified atom stereocenters. The Morgan fingerprint density at radius 3 is 1.80 bits per heavy atom. The molecule has 0 saturated heterocycles. The van der Waals surface area contributed by atoms with E-state index in [1.165, 1.54) is 77.4 Å². The number of fused-ring (bicyclic) bond motifs is 20. The van der Waals surface area contributed by atoms with Crippen molar-refractivity contribution < 1.29 is 8.83 Å². The Balaban J connectivity index is 1.12. The van der Waals surface area contributed by atoms with Crippen LogP contribution in [0, 0.1) is 0 Å². The lowest BCUT2D eigenvalue weighted by molar-refractivity contribution is 0.669. The fraction of sp³-hybridized carbons (Fsp3) is 0.0175. The summed E-state index contributed by atoms with van der Waals surface area (Å²) in [4.78, 5) is 0. The highest BCUT2D eigenvalue weighted by molar-refractivity contribution is 6.19. The SMILES string of the molecule is c1ccc2c(c1)-c1ccccc1C21c2cc(-c3cccc4oc5c6ccccc6ccc5c34)ccc2-c2c1c(-c1ccc3c(c1)oc1ccccc13)cc1ccccc21. The van der Waals surface area contributed by atoms with E-state index in [-0.39, 0.29) is 0 Å². The summed E-state index contributed by atoms with van der Waals surface area (Å²) in [6.45, 7) is 0. The minimum absolute atomic E-state index is 0.585. The van der Waals surface area contributed by atoms with Gasteiger partial charge in [-0.25, -0.2) is 0 Å². The van der Waals surface area contributed by atoms with Crippen molar-refractivity contribution in [2.24, 2.45) is 0 Å². The first-order valence-corrected chi connectivity index (χ1v) is 20.4. The van der Waals surface area contributed by atoms with Crippen LogP contribution in [-0.2, 0) is 5.41 Å². The van der Waals surface area contributed by atoms with Crippen LogP contribution in [-0.4, -0.2) is 0 Å². The van der Waals surface area contributed by atoms with E-state index in [4.69, 9.17) is 8.83 Å². The molecule has 0 atom stereocenters. The summed E-state index contributed by atoms with van der Waals surface area (Å²) in [6, 6.07) is 71.4. The Bertz CT molecular complexity index is 3750. The molecule has 2 aliphatic rings. The minimum atomic E-state index is -0.585. The first-order valence-electron chi connectivity index (χ1n) is 20.4. The Morgan fingerprint density at radius 1 is 0.322 bits per heavy atom. The number of hydrogen-bond acceptors (Lipinski definition) is 2. The van der Waals surface area contributed by atoms with Gasteiger partial charge in [0, 0.05) is 26.9 Å². The van der Waals surface area contributed by atoms with Crippen LogP contribution in [0.5, 0.6) is 0 Å². The fourth-order valence-corrected chi connectivity index (χ4v) is 11.1. The highest BCUT2D eigenvalue weighted by atomic mass is 16.3. The van der Waals surface area contributed by atoms with Crippen molar-refractivity contribution in [1.29, 1.82) is 0 Å². The van der Waals surface area contributed by atoms with Gasteiger partial charge in [0.25, 0.3) is 0 Å². The van der Waals surface area contributed by atoms with Crippen molar-refractivity contribution in [2.75, 3.05) is 0 Å². The Kier molecular flexibility index (Phi) is 5.99. The molecule has 2 heterocycles. The van der Waals surface area contributed by atoms with Crippen molar-refractivity contribution in [3.8, 4) is 44.5 Å². The van der Waals surface area contributed by atoms with Crippen LogP contribution < -0.4 is 0 Å². The largest absolute Gasteiger partial charge is 0.456 e. The number of benzene rings is 10. The summed E-state index contributed by atoms with van der Waals surface area (Å²) in [5, 5.41) is 9.36. The van der Waals surface area contributed by atoms with E-state index in [2.05, 4.69) is 188 Å². The average molecular weight is 749 g/mol. The van der Waals surface area contributed by atoms with Gasteiger partial charge in [-0.2, -0.15) is 0 Å². The van der Waals surface area contributed by atoms with E-state index in [9.17, 15) is 0 Å². The highest BCUT2D eigenvalue weighted by Crippen LogP contribution is 2.66. The van der Waals surface area contributed by atoms with E-state index in [1.807, 2.05) is 6.07 Å². The van der Waals surface area contributed by atoms with Crippen molar-refractivity contribution in [3.63, 3.8) is 0 Å². The standard InChI is InChI=1S/C57H32O2/c1-4-15-39-33(12-1)24-29-45-53-37(19-11-23-51(53)59-56(39)45)35-26-28-44-49(31-35)57(47-20-8-5-16-40(47)41-17-6-9-21-48(41)57)55-46(30-34-13-2-3-14-38(34)54(44)55)36-25-27-43-42-18-7-10-22-50(42)58-52(43)32-36/h1-32H. The van der Waals surface area contributed by atoms with E-state index < -0.39 is 5.41 Å². The van der Waals surface area contributed by atoms with Crippen LogP contribution in [0.25, 0.3) is 110 Å². The van der Waals surface area contributed by atoms with E-state index in [1.54, 1.807) is 0 Å². The van der Waals surface area contributed by atoms with Gasteiger partial charge < -0.3 is 8.83 Å². The van der Waals surface area contributed by atoms with Gasteiger partial charge in [0.15, 0.2) is 0 Å². The molecule has 12 aromatic rings. The third-order valence-electron chi connectivity index (χ3n) is 13.5. The molecular weight excluding hydrogens is 717 g/mol. The molecule has 0 bridgehead atoms. The third kappa shape index (κ3) is 3.96. The van der Waals surface area contributed by atoms with Crippen molar-refractivity contribution in [1.82, 2.24) is 0 Å². The molecule has 0 radical (unpaired) electrons. The molecule has 2 nitrogen and oxygen atoms in total. The summed E-state index contributed by atoms with van der Waals surface area (Å²) in [7, 11) is 0. The summed E-state index contributed by atoms with van der Waals surface area (Å²) in [5.41, 5.74) is 18.2. The van der Waals surface area contributed by atoms with Crippen LogP contribution in [0.2, 0.25) is 0 Å². The monoisotopic (exact) mass is 748 g/mol. The lowest BCUT2D eigenvalue weighted by Crippen LogP contribution is -2.26. The zero-order valence-corrected chi connectivity index (χ0v) is 31.8. The molecular formula is C57H32O2. The normalized spacial score (nSPS) is 13.6. The molecule has 0 N–H and O–H groups in total. The van der Waals surface area contributed by atoms with Gasteiger partial charge in [-0.05, 0) is 125 Å². The van der Waals surface area contributed by atoms with Crippen LogP contribution >= 0.6 is 0 Å². The van der Waals surface area contributed by atoms with Gasteiger partial charge in [-0.15, -0.1) is 0 Å². The van der Waals surface area contributed by atoms with Crippen molar-refractivity contribution >= 4 is 65.4 Å². The quantitative estimate of drug-likeness (QED) is 0.176. The van der Waals surface area contributed by atoms with Gasteiger partial charge in [0.05, 0.1) is 5.41 Å². The Morgan fingerprint density at radius 2 is 0.949 bits per heavy atom. The molecule has 0 amide bonds. The zero-order chi connectivity index (χ0) is 38.4. The van der Waals surface area contributed by atoms with Gasteiger partial charge >= 0.3 is 0 Å². The predicted octanol–water partition coefficient (Wildman–Crippen LogP) is 15.5. The van der Waals surface area contributed by atoms with Gasteiger partial charge in [-0.3, -0.25) is 0 Å². The van der Waals surface area contributed by atoms with E-state index in [0.29, 0.717) is 0 Å². The Hall–Kier alpha value is -7.68. The molecule has 272 valence electrons. The van der Waals surface area contributed by atoms with E-state index in [0.717, 1.165) is 54.8 Å². The summed E-state index contributed by atoms with van der Waals surface area (Å²) in [5.74, 6) is 0. The van der Waals surface area contributed by atoms with Crippen LogP contribution in [0.4, 0.5) is 0 Å². The molecule has 0 aliphatic heterocycles. The topological polar surface area (TPSA) is 26.3 Å². The molecule has 0 saturated carbocycles. The number of furan rings is 2. The highest BCUT2D eigenvalue weighted by Gasteiger charge is 2.53. The molecule has 2 heteroatoms. The third-order valence-corrected chi connectivity index (χ3v) is 13.5. The lowest BCUT2D eigenvalue weighted by Gasteiger charge is -2.33. The second-order valence-corrected chi connectivity index (χ2v) is 16.3. The maximum Gasteiger partial charge on any atom is 0.143 e. The Labute approximate surface area is 339 Å². The van der Waals surface area contributed by atoms with E-state index >= 15 is 0 Å². The zero-order valence-electron chi connectivity index (χ0n) is 31.8. The minimum Gasteiger partial charge on any atom is -0.456 e. The van der Waals surface area contributed by atoms with Gasteiger partial charge in [-0.1, -0.05) is 152 Å². The second kappa shape index (κ2) is 11.2. The second-order valence-electron chi connectivity index (χ2n) is 16.3. The maximum atomic E-state index is 6.71. The van der Waals surface area contributed by atoms with Gasteiger partial charge in [0.2, 0.25) is 0 Å². The molecule has 14 rings (SSSR count). The molecule has 2 aromatic heterocycles. The van der Waals surface area contributed by atoms with Crippen molar-refractivity contribution in [3.05, 3.63) is 216 Å². The van der Waals surface area contributed by atoms with Crippen LogP contribution in [0.1, 0.15) is 22.3 Å². The summed E-state index contributed by atoms with van der Waals surface area (Å²) >= 11 is 0. The molecule has 1 spiro atoms. The maximum absolute atomic E-state index is 6.71. The van der Waals surface area contributed by atoms with Crippen molar-refractivity contribution in [2.45, 2.75) is 5.41 Å². The predicted molar refractivity (Wildman–Crippen MR) is 243 cm³/mol. The number of rotatable bonds is 2. The van der Waals surface area contributed by atoms with Gasteiger partial charge in [0.1, 0.15) is 22.3 Å². The smallest absolute Gasteiger partial charge is 0.143 e. The number of hydrogen-bond donors (Lipinski definition) is 0. The van der Waals surface area contributed by atoms with Crippen LogP contribution in [0.15, 0.2) is 203 Å².